The molecule has 3 heteroatoms. The zero-order valence-corrected chi connectivity index (χ0v) is 7.60. The van der Waals surface area contributed by atoms with Crippen LogP contribution in [0.2, 0.25) is 0 Å². The molecule has 0 radical (unpaired) electrons. The largest absolute Gasteiger partial charge is 0.330 e. The molecule has 0 aromatic carbocycles. The molecule has 0 fully saturated rings. The molecule has 58 valence electrons. The van der Waals surface area contributed by atoms with Crippen molar-refractivity contribution in [1.82, 2.24) is 0 Å². The van der Waals surface area contributed by atoms with E-state index >= 15 is 0 Å². The summed E-state index contributed by atoms with van der Waals surface area (Å²) in [5.74, 6) is 0. The lowest BCUT2D eigenvalue weighted by Crippen LogP contribution is -2.00. The van der Waals surface area contributed by atoms with E-state index in [0.717, 1.165) is 13.0 Å². The Balaban J connectivity index is 0.000000810. The van der Waals surface area contributed by atoms with Crippen molar-refractivity contribution in [3.63, 3.8) is 0 Å². The molecule has 0 aliphatic carbocycles. The molecule has 0 aliphatic heterocycles. The van der Waals surface area contributed by atoms with E-state index in [1.807, 2.05) is 11.3 Å². The summed E-state index contributed by atoms with van der Waals surface area (Å²) >= 11 is 1.83. The fourth-order valence-electron chi connectivity index (χ4n) is 0.762. The van der Waals surface area contributed by atoms with Crippen molar-refractivity contribution in [2.24, 2.45) is 5.73 Å². The van der Waals surface area contributed by atoms with Crippen molar-refractivity contribution in [1.29, 1.82) is 0 Å². The second-order valence-electron chi connectivity index (χ2n) is 2.05. The smallest absolute Gasteiger partial charge is 0.00606 e. The molecule has 1 heterocycles. The molecule has 2 N–H and O–H groups in total. The Labute approximate surface area is 71.7 Å². The van der Waals surface area contributed by atoms with Crippen LogP contribution in [0.25, 0.3) is 0 Å². The van der Waals surface area contributed by atoms with E-state index in [4.69, 9.17) is 5.73 Å². The van der Waals surface area contributed by atoms with E-state index in [-0.39, 0.29) is 12.4 Å². The van der Waals surface area contributed by atoms with Gasteiger partial charge in [0.05, 0.1) is 0 Å². The molecular weight excluding hydrogens is 166 g/mol. The molecule has 0 atom stereocenters. The van der Waals surface area contributed by atoms with E-state index in [0.29, 0.717) is 0 Å². The second-order valence-corrected chi connectivity index (χ2v) is 3.42. The van der Waals surface area contributed by atoms with Gasteiger partial charge >= 0.3 is 0 Å². The summed E-state index contributed by atoms with van der Waals surface area (Å²) in [6.07, 6.45) is 1.03. The molecule has 0 saturated heterocycles. The van der Waals surface area contributed by atoms with Crippen LogP contribution in [-0.2, 0) is 6.42 Å². The van der Waals surface area contributed by atoms with Gasteiger partial charge in [-0.1, -0.05) is 0 Å². The van der Waals surface area contributed by atoms with Gasteiger partial charge in [0.25, 0.3) is 0 Å². The summed E-state index contributed by atoms with van der Waals surface area (Å²) in [7, 11) is 0. The van der Waals surface area contributed by atoms with Crippen LogP contribution in [0.3, 0.4) is 0 Å². The van der Waals surface area contributed by atoms with Crippen LogP contribution in [0.5, 0.6) is 0 Å². The lowest BCUT2D eigenvalue weighted by molar-refractivity contribution is 0.989. The van der Waals surface area contributed by atoms with E-state index < -0.39 is 0 Å². The summed E-state index contributed by atoms with van der Waals surface area (Å²) in [5.41, 5.74) is 5.38. The summed E-state index contributed by atoms with van der Waals surface area (Å²) in [4.78, 5) is 2.77. The van der Waals surface area contributed by atoms with Crippen molar-refractivity contribution in [3.8, 4) is 0 Å². The minimum absolute atomic E-state index is 0. The molecule has 0 aliphatic rings. The Bertz CT molecular complexity index is 185. The van der Waals surface area contributed by atoms with Gasteiger partial charge in [0, 0.05) is 9.75 Å². The first-order valence-corrected chi connectivity index (χ1v) is 3.90. The predicted molar refractivity (Wildman–Crippen MR) is 49.1 cm³/mol. The molecule has 1 aromatic rings. The highest BCUT2D eigenvalue weighted by molar-refractivity contribution is 7.11. The number of aryl methyl sites for hydroxylation is 1. The van der Waals surface area contributed by atoms with Gasteiger partial charge in [-0.25, -0.2) is 0 Å². The Hall–Kier alpha value is -0.0500. The Morgan fingerprint density at radius 3 is 2.60 bits per heavy atom. The number of rotatable bonds is 2. The fraction of sp³-hybridized carbons (Fsp3) is 0.429. The Morgan fingerprint density at radius 2 is 2.20 bits per heavy atom. The maximum Gasteiger partial charge on any atom is 0.00606 e. The molecule has 10 heavy (non-hydrogen) atoms. The molecule has 1 rings (SSSR count). The van der Waals surface area contributed by atoms with Crippen LogP contribution in [0.15, 0.2) is 12.1 Å². The van der Waals surface area contributed by atoms with Crippen LogP contribution < -0.4 is 5.73 Å². The Morgan fingerprint density at radius 1 is 1.50 bits per heavy atom. The molecule has 1 aromatic heterocycles. The third kappa shape index (κ3) is 2.69. The van der Waals surface area contributed by atoms with Crippen LogP contribution in [-0.4, -0.2) is 6.54 Å². The normalized spacial score (nSPS) is 9.00. The van der Waals surface area contributed by atoms with Gasteiger partial charge < -0.3 is 5.73 Å². The van der Waals surface area contributed by atoms with E-state index in [9.17, 15) is 0 Å². The molecular formula is C7H12ClNS. The van der Waals surface area contributed by atoms with Gasteiger partial charge in [0.15, 0.2) is 0 Å². The standard InChI is InChI=1S/C7H11NS.ClH/c1-6-2-3-7(9-6)4-5-8;/h2-3H,4-5,8H2,1H3;1H. The van der Waals surface area contributed by atoms with Gasteiger partial charge in [-0.3, -0.25) is 0 Å². The Kier molecular flexibility index (Phi) is 4.69. The van der Waals surface area contributed by atoms with Crippen LogP contribution in [0.1, 0.15) is 9.75 Å². The zero-order valence-electron chi connectivity index (χ0n) is 5.96. The van der Waals surface area contributed by atoms with Crippen LogP contribution in [0, 0.1) is 6.92 Å². The van der Waals surface area contributed by atoms with Crippen molar-refractivity contribution in [2.75, 3.05) is 6.54 Å². The van der Waals surface area contributed by atoms with Crippen LogP contribution in [0.4, 0.5) is 0 Å². The third-order valence-corrected chi connectivity index (χ3v) is 2.25. The van der Waals surface area contributed by atoms with Gasteiger partial charge in [0.2, 0.25) is 0 Å². The summed E-state index contributed by atoms with van der Waals surface area (Å²) < 4.78 is 0. The first kappa shape index (κ1) is 9.95. The quantitative estimate of drug-likeness (QED) is 0.735. The SMILES string of the molecule is Cc1ccc(CCN)s1.Cl. The minimum Gasteiger partial charge on any atom is -0.330 e. The van der Waals surface area contributed by atoms with Crippen molar-refractivity contribution < 1.29 is 0 Å². The zero-order chi connectivity index (χ0) is 6.69. The van der Waals surface area contributed by atoms with E-state index in [2.05, 4.69) is 19.1 Å². The summed E-state index contributed by atoms with van der Waals surface area (Å²) in [5, 5.41) is 0. The van der Waals surface area contributed by atoms with Crippen molar-refractivity contribution in [3.05, 3.63) is 21.9 Å². The summed E-state index contributed by atoms with van der Waals surface area (Å²) in [6.45, 7) is 2.88. The molecule has 1 nitrogen and oxygen atoms in total. The minimum atomic E-state index is 0. The maximum atomic E-state index is 5.38. The number of halogens is 1. The van der Waals surface area contributed by atoms with Gasteiger partial charge in [-0.15, -0.1) is 23.7 Å². The molecule has 0 unspecified atom stereocenters. The molecule has 0 saturated carbocycles. The lowest BCUT2D eigenvalue weighted by Gasteiger charge is -1.87. The predicted octanol–water partition coefficient (Wildman–Crippen LogP) is 1.98. The van der Waals surface area contributed by atoms with Gasteiger partial charge in [0.1, 0.15) is 0 Å². The number of thiophene rings is 1. The average Bonchev–Trinajstić information content (AvgIpc) is 2.17. The average molecular weight is 178 g/mol. The maximum absolute atomic E-state index is 5.38. The highest BCUT2D eigenvalue weighted by Gasteiger charge is 1.92. The second kappa shape index (κ2) is 4.72. The third-order valence-electron chi connectivity index (χ3n) is 1.19. The van der Waals surface area contributed by atoms with Gasteiger partial charge in [-0.2, -0.15) is 0 Å². The van der Waals surface area contributed by atoms with Crippen LogP contribution >= 0.6 is 23.7 Å². The van der Waals surface area contributed by atoms with Crippen molar-refractivity contribution in [2.45, 2.75) is 13.3 Å². The summed E-state index contributed by atoms with van der Waals surface area (Å²) in [6, 6.07) is 4.28. The fourth-order valence-corrected chi connectivity index (χ4v) is 1.67. The molecule has 0 bridgehead atoms. The number of hydrogen-bond donors (Lipinski definition) is 1. The van der Waals surface area contributed by atoms with E-state index in [1.54, 1.807) is 0 Å². The number of nitrogens with two attached hydrogens (primary N) is 1. The molecule has 0 spiro atoms. The van der Waals surface area contributed by atoms with Crippen molar-refractivity contribution >= 4 is 23.7 Å². The first-order valence-electron chi connectivity index (χ1n) is 3.08. The monoisotopic (exact) mass is 177 g/mol. The topological polar surface area (TPSA) is 26.0 Å². The highest BCUT2D eigenvalue weighted by atomic mass is 35.5. The molecule has 0 amide bonds. The number of hydrogen-bond acceptors (Lipinski definition) is 2. The van der Waals surface area contributed by atoms with Gasteiger partial charge in [-0.05, 0) is 32.0 Å². The highest BCUT2D eigenvalue weighted by Crippen LogP contribution is 2.14. The first-order chi connectivity index (χ1) is 4.33. The lowest BCUT2D eigenvalue weighted by atomic mass is 10.3. The van der Waals surface area contributed by atoms with E-state index in [1.165, 1.54) is 9.75 Å².